The third kappa shape index (κ3) is 6.41. The average Bonchev–Trinajstić information content (AvgIpc) is 2.41. The molecule has 1 aromatic carbocycles. The van der Waals surface area contributed by atoms with E-state index in [4.69, 9.17) is 4.74 Å². The SMILES string of the molecule is CC(C)(C)OC(=O)CCCNC(=O)c1ccc(F)c([N+](=O)[O-])c1. The Balaban J connectivity index is 2.47. The van der Waals surface area contributed by atoms with Gasteiger partial charge in [-0.15, -0.1) is 0 Å². The smallest absolute Gasteiger partial charge is 0.306 e. The summed E-state index contributed by atoms with van der Waals surface area (Å²) in [5, 5.41) is 13.1. The molecule has 1 N–H and O–H groups in total. The lowest BCUT2D eigenvalue weighted by Gasteiger charge is -2.19. The number of ether oxygens (including phenoxy) is 1. The van der Waals surface area contributed by atoms with Gasteiger partial charge in [0.2, 0.25) is 5.82 Å². The summed E-state index contributed by atoms with van der Waals surface area (Å²) in [7, 11) is 0. The van der Waals surface area contributed by atoms with E-state index < -0.39 is 27.9 Å². The highest BCUT2D eigenvalue weighted by Crippen LogP contribution is 2.18. The zero-order valence-electron chi connectivity index (χ0n) is 13.2. The third-order valence-electron chi connectivity index (χ3n) is 2.67. The molecule has 8 heteroatoms. The minimum atomic E-state index is -1.00. The van der Waals surface area contributed by atoms with Crippen molar-refractivity contribution in [3.8, 4) is 0 Å². The molecule has 0 saturated carbocycles. The van der Waals surface area contributed by atoms with Crippen LogP contribution in [0.3, 0.4) is 0 Å². The molecule has 0 heterocycles. The number of rotatable bonds is 6. The molecular weight excluding hydrogens is 307 g/mol. The van der Waals surface area contributed by atoms with Gasteiger partial charge in [0.05, 0.1) is 4.92 Å². The molecule has 1 amide bonds. The second-order valence-electron chi connectivity index (χ2n) is 5.87. The van der Waals surface area contributed by atoms with Crippen LogP contribution in [0.4, 0.5) is 10.1 Å². The largest absolute Gasteiger partial charge is 0.460 e. The van der Waals surface area contributed by atoms with E-state index in [2.05, 4.69) is 5.32 Å². The number of hydrogen-bond donors (Lipinski definition) is 1. The van der Waals surface area contributed by atoms with Crippen molar-refractivity contribution >= 4 is 17.6 Å². The molecular formula is C15H19FN2O5. The first kappa shape index (κ1) is 18.5. The van der Waals surface area contributed by atoms with E-state index in [1.54, 1.807) is 20.8 Å². The predicted molar refractivity (Wildman–Crippen MR) is 80.5 cm³/mol. The van der Waals surface area contributed by atoms with Crippen LogP contribution in [-0.2, 0) is 9.53 Å². The summed E-state index contributed by atoms with van der Waals surface area (Å²) >= 11 is 0. The third-order valence-corrected chi connectivity index (χ3v) is 2.67. The van der Waals surface area contributed by atoms with Crippen molar-refractivity contribution in [1.29, 1.82) is 0 Å². The Morgan fingerprint density at radius 3 is 2.57 bits per heavy atom. The lowest BCUT2D eigenvalue weighted by molar-refractivity contribution is -0.387. The van der Waals surface area contributed by atoms with Crippen molar-refractivity contribution in [1.82, 2.24) is 5.32 Å². The Bertz CT molecular complexity index is 610. The van der Waals surface area contributed by atoms with Crippen LogP contribution in [0.1, 0.15) is 44.0 Å². The van der Waals surface area contributed by atoms with Gasteiger partial charge in [0.15, 0.2) is 0 Å². The van der Waals surface area contributed by atoms with Crippen LogP contribution in [0.2, 0.25) is 0 Å². The van der Waals surface area contributed by atoms with Gasteiger partial charge in [-0.05, 0) is 39.3 Å². The van der Waals surface area contributed by atoms with Gasteiger partial charge in [-0.2, -0.15) is 4.39 Å². The summed E-state index contributed by atoms with van der Waals surface area (Å²) in [4.78, 5) is 33.0. The Morgan fingerprint density at radius 2 is 2.00 bits per heavy atom. The van der Waals surface area contributed by atoms with Gasteiger partial charge in [0, 0.05) is 24.6 Å². The molecule has 0 bridgehead atoms. The molecule has 0 spiro atoms. The van der Waals surface area contributed by atoms with E-state index >= 15 is 0 Å². The Labute approximate surface area is 133 Å². The van der Waals surface area contributed by atoms with Crippen LogP contribution in [0.15, 0.2) is 18.2 Å². The molecule has 0 fully saturated rings. The van der Waals surface area contributed by atoms with Crippen LogP contribution in [-0.4, -0.2) is 28.9 Å². The summed E-state index contributed by atoms with van der Waals surface area (Å²) in [5.41, 5.74) is -1.34. The van der Waals surface area contributed by atoms with Crippen molar-refractivity contribution in [2.75, 3.05) is 6.54 Å². The zero-order valence-corrected chi connectivity index (χ0v) is 13.2. The monoisotopic (exact) mass is 326 g/mol. The number of nitro groups is 1. The number of amides is 1. The minimum Gasteiger partial charge on any atom is -0.460 e. The first-order chi connectivity index (χ1) is 10.6. The molecule has 0 radical (unpaired) electrons. The van der Waals surface area contributed by atoms with Gasteiger partial charge in [0.25, 0.3) is 5.91 Å². The second-order valence-corrected chi connectivity index (χ2v) is 5.87. The maximum Gasteiger partial charge on any atom is 0.306 e. The summed E-state index contributed by atoms with van der Waals surface area (Å²) in [6, 6.07) is 2.90. The number of benzene rings is 1. The van der Waals surface area contributed by atoms with E-state index in [-0.39, 0.29) is 24.5 Å². The van der Waals surface area contributed by atoms with Gasteiger partial charge >= 0.3 is 11.7 Å². The van der Waals surface area contributed by atoms with Gasteiger partial charge in [0.1, 0.15) is 5.60 Å². The minimum absolute atomic E-state index is 0.0182. The van der Waals surface area contributed by atoms with Crippen molar-refractivity contribution in [2.24, 2.45) is 0 Å². The quantitative estimate of drug-likeness (QED) is 0.375. The Hall–Kier alpha value is -2.51. The fourth-order valence-corrected chi connectivity index (χ4v) is 1.72. The molecule has 23 heavy (non-hydrogen) atoms. The van der Waals surface area contributed by atoms with Gasteiger partial charge in [-0.25, -0.2) is 0 Å². The van der Waals surface area contributed by atoms with Crippen molar-refractivity contribution in [3.05, 3.63) is 39.7 Å². The van der Waals surface area contributed by atoms with Crippen molar-refractivity contribution < 1.29 is 23.6 Å². The van der Waals surface area contributed by atoms with Crippen LogP contribution >= 0.6 is 0 Å². The number of nitrogens with zero attached hydrogens (tertiary/aromatic N) is 1. The fourth-order valence-electron chi connectivity index (χ4n) is 1.72. The first-order valence-electron chi connectivity index (χ1n) is 7.04. The van der Waals surface area contributed by atoms with Crippen molar-refractivity contribution in [3.63, 3.8) is 0 Å². The van der Waals surface area contributed by atoms with Gasteiger partial charge < -0.3 is 10.1 Å². The van der Waals surface area contributed by atoms with Gasteiger partial charge in [-0.3, -0.25) is 19.7 Å². The lowest BCUT2D eigenvalue weighted by atomic mass is 10.1. The highest BCUT2D eigenvalue weighted by molar-refractivity contribution is 5.94. The van der Waals surface area contributed by atoms with Crippen LogP contribution in [0, 0.1) is 15.9 Å². The standard InChI is InChI=1S/C15H19FN2O5/c1-15(2,3)23-13(19)5-4-8-17-14(20)10-6-7-11(16)12(9-10)18(21)22/h6-7,9H,4-5,8H2,1-3H3,(H,17,20). The van der Waals surface area contributed by atoms with Crippen molar-refractivity contribution in [2.45, 2.75) is 39.2 Å². The number of carbonyl (C=O) groups excluding carboxylic acids is 2. The highest BCUT2D eigenvalue weighted by atomic mass is 19.1. The summed E-state index contributed by atoms with van der Waals surface area (Å²) in [5.74, 6) is -1.95. The fraction of sp³-hybridized carbons (Fsp3) is 0.467. The number of nitro benzene ring substituents is 1. The molecule has 1 rings (SSSR count). The van der Waals surface area contributed by atoms with Crippen LogP contribution in [0.25, 0.3) is 0 Å². The lowest BCUT2D eigenvalue weighted by Crippen LogP contribution is -2.27. The number of nitrogens with one attached hydrogen (secondary N) is 1. The topological polar surface area (TPSA) is 98.5 Å². The molecule has 0 unspecified atom stereocenters. The highest BCUT2D eigenvalue weighted by Gasteiger charge is 2.18. The second kappa shape index (κ2) is 7.66. The maximum atomic E-state index is 13.2. The normalized spacial score (nSPS) is 11.0. The van der Waals surface area contributed by atoms with E-state index in [0.717, 1.165) is 18.2 Å². The molecule has 0 aliphatic heterocycles. The van der Waals surface area contributed by atoms with Gasteiger partial charge in [-0.1, -0.05) is 0 Å². The Morgan fingerprint density at radius 1 is 1.35 bits per heavy atom. The van der Waals surface area contributed by atoms with E-state index in [0.29, 0.717) is 6.42 Å². The zero-order chi connectivity index (χ0) is 17.6. The van der Waals surface area contributed by atoms with Crippen LogP contribution < -0.4 is 5.32 Å². The number of carbonyl (C=O) groups is 2. The molecule has 0 atom stereocenters. The first-order valence-corrected chi connectivity index (χ1v) is 7.04. The predicted octanol–water partition coefficient (Wildman–Crippen LogP) is 2.59. The maximum absolute atomic E-state index is 13.2. The number of hydrogen-bond acceptors (Lipinski definition) is 5. The summed E-state index contributed by atoms with van der Waals surface area (Å²) in [6.07, 6.45) is 0.505. The number of halogens is 1. The molecule has 1 aromatic rings. The van der Waals surface area contributed by atoms with E-state index in [1.807, 2.05) is 0 Å². The molecule has 126 valence electrons. The molecule has 0 aliphatic rings. The van der Waals surface area contributed by atoms with Crippen LogP contribution in [0.5, 0.6) is 0 Å². The summed E-state index contributed by atoms with van der Waals surface area (Å²) in [6.45, 7) is 5.47. The van der Waals surface area contributed by atoms with E-state index in [1.165, 1.54) is 0 Å². The molecule has 0 aliphatic carbocycles. The number of esters is 1. The molecule has 0 saturated heterocycles. The average molecular weight is 326 g/mol. The van der Waals surface area contributed by atoms with E-state index in [9.17, 15) is 24.1 Å². The Kier molecular flexibility index (Phi) is 6.18. The summed E-state index contributed by atoms with van der Waals surface area (Å²) < 4.78 is 18.3. The molecule has 0 aromatic heterocycles. The molecule has 7 nitrogen and oxygen atoms in total.